The van der Waals surface area contributed by atoms with Gasteiger partial charge < -0.3 is 10.6 Å². The summed E-state index contributed by atoms with van der Waals surface area (Å²) in [6.45, 7) is 4.23. The maximum Gasteiger partial charge on any atom is 0.219 e. The molecule has 0 bridgehead atoms. The van der Waals surface area contributed by atoms with Crippen LogP contribution in [0.1, 0.15) is 19.8 Å². The molecule has 1 unspecified atom stereocenters. The Morgan fingerprint density at radius 1 is 1.73 bits per heavy atom. The number of hydrogen-bond acceptors (Lipinski definition) is 2. The molecule has 0 radical (unpaired) electrons. The van der Waals surface area contributed by atoms with Gasteiger partial charge in [-0.25, -0.2) is 0 Å². The van der Waals surface area contributed by atoms with Crippen molar-refractivity contribution < 1.29 is 4.79 Å². The van der Waals surface area contributed by atoms with E-state index in [2.05, 4.69) is 0 Å². The number of carbonyl (C=O) groups is 1. The fourth-order valence-electron chi connectivity index (χ4n) is 1.59. The van der Waals surface area contributed by atoms with Crippen LogP contribution in [0.3, 0.4) is 0 Å². The van der Waals surface area contributed by atoms with Crippen LogP contribution in [0.2, 0.25) is 0 Å². The first-order valence-corrected chi connectivity index (χ1v) is 4.19. The monoisotopic (exact) mass is 156 g/mol. The Hall–Kier alpha value is -0.570. The molecule has 0 saturated carbocycles. The summed E-state index contributed by atoms with van der Waals surface area (Å²) in [4.78, 5) is 12.8. The van der Waals surface area contributed by atoms with E-state index in [1.165, 1.54) is 0 Å². The second kappa shape index (κ2) is 3.72. The van der Waals surface area contributed by atoms with E-state index in [-0.39, 0.29) is 5.91 Å². The van der Waals surface area contributed by atoms with Crippen molar-refractivity contribution in [1.82, 2.24) is 4.90 Å². The molecule has 0 aromatic heterocycles. The van der Waals surface area contributed by atoms with Gasteiger partial charge in [-0.1, -0.05) is 0 Å². The molecule has 1 aliphatic heterocycles. The largest absolute Gasteiger partial charge is 0.343 e. The van der Waals surface area contributed by atoms with Gasteiger partial charge in [0, 0.05) is 20.0 Å². The molecule has 0 aliphatic carbocycles. The minimum Gasteiger partial charge on any atom is -0.343 e. The molecule has 64 valence electrons. The third kappa shape index (κ3) is 2.19. The third-order valence-corrected chi connectivity index (χ3v) is 2.31. The average Bonchev–Trinajstić information content (AvgIpc) is 2.37. The van der Waals surface area contributed by atoms with Crippen LogP contribution in [-0.2, 0) is 4.79 Å². The Bertz CT molecular complexity index is 147. The maximum atomic E-state index is 10.9. The Morgan fingerprint density at radius 3 is 2.91 bits per heavy atom. The summed E-state index contributed by atoms with van der Waals surface area (Å²) < 4.78 is 0. The summed E-state index contributed by atoms with van der Waals surface area (Å²) in [5.74, 6) is 0.855. The molecule has 3 heteroatoms. The second-order valence-corrected chi connectivity index (χ2v) is 3.20. The van der Waals surface area contributed by atoms with Crippen molar-refractivity contribution in [3.63, 3.8) is 0 Å². The number of nitrogens with zero attached hydrogens (tertiary/aromatic N) is 1. The van der Waals surface area contributed by atoms with Gasteiger partial charge in [0.2, 0.25) is 5.91 Å². The highest BCUT2D eigenvalue weighted by Gasteiger charge is 2.22. The lowest BCUT2D eigenvalue weighted by molar-refractivity contribution is -0.127. The van der Waals surface area contributed by atoms with Crippen LogP contribution in [0.15, 0.2) is 0 Å². The van der Waals surface area contributed by atoms with Gasteiger partial charge in [0.1, 0.15) is 0 Å². The fourth-order valence-corrected chi connectivity index (χ4v) is 1.59. The molecule has 3 nitrogen and oxygen atoms in total. The topological polar surface area (TPSA) is 46.3 Å². The zero-order chi connectivity index (χ0) is 8.27. The van der Waals surface area contributed by atoms with E-state index < -0.39 is 0 Å². The summed E-state index contributed by atoms with van der Waals surface area (Å²) in [6, 6.07) is 0. The predicted octanol–water partition coefficient (Wildman–Crippen LogP) is 0.204. The summed E-state index contributed by atoms with van der Waals surface area (Å²) >= 11 is 0. The number of amides is 1. The molecule has 11 heavy (non-hydrogen) atoms. The van der Waals surface area contributed by atoms with Gasteiger partial charge in [0.25, 0.3) is 0 Å². The molecule has 1 atom stereocenters. The van der Waals surface area contributed by atoms with Gasteiger partial charge in [0.15, 0.2) is 0 Å². The van der Waals surface area contributed by atoms with Crippen molar-refractivity contribution in [2.24, 2.45) is 11.7 Å². The molecular weight excluding hydrogens is 140 g/mol. The first kappa shape index (κ1) is 8.53. The van der Waals surface area contributed by atoms with E-state index in [1.54, 1.807) is 6.92 Å². The van der Waals surface area contributed by atoms with Crippen LogP contribution in [0.25, 0.3) is 0 Å². The van der Waals surface area contributed by atoms with E-state index in [9.17, 15) is 4.79 Å². The summed E-state index contributed by atoms with van der Waals surface area (Å²) in [5, 5.41) is 0. The quantitative estimate of drug-likeness (QED) is 0.621. The molecule has 1 amide bonds. The van der Waals surface area contributed by atoms with Gasteiger partial charge >= 0.3 is 0 Å². The Morgan fingerprint density at radius 2 is 2.45 bits per heavy atom. The first-order chi connectivity index (χ1) is 5.24. The number of nitrogens with two attached hydrogens (primary N) is 1. The number of likely N-dealkylation sites (tertiary alicyclic amines) is 1. The van der Waals surface area contributed by atoms with Crippen molar-refractivity contribution in [2.45, 2.75) is 19.8 Å². The molecule has 1 fully saturated rings. The van der Waals surface area contributed by atoms with Crippen LogP contribution in [0.5, 0.6) is 0 Å². The first-order valence-electron chi connectivity index (χ1n) is 4.19. The number of rotatable bonds is 2. The molecule has 1 saturated heterocycles. The highest BCUT2D eigenvalue weighted by molar-refractivity contribution is 5.73. The van der Waals surface area contributed by atoms with Crippen molar-refractivity contribution in [3.8, 4) is 0 Å². The Kier molecular flexibility index (Phi) is 2.88. The highest BCUT2D eigenvalue weighted by Crippen LogP contribution is 2.18. The Balaban J connectivity index is 2.29. The van der Waals surface area contributed by atoms with E-state index in [0.29, 0.717) is 5.92 Å². The summed E-state index contributed by atoms with van der Waals surface area (Å²) in [7, 11) is 0. The van der Waals surface area contributed by atoms with Crippen LogP contribution in [0, 0.1) is 5.92 Å². The minimum absolute atomic E-state index is 0.199. The summed E-state index contributed by atoms with van der Waals surface area (Å²) in [5.41, 5.74) is 5.43. The molecule has 1 rings (SSSR count). The predicted molar refractivity (Wildman–Crippen MR) is 44.0 cm³/mol. The van der Waals surface area contributed by atoms with Gasteiger partial charge in [-0.05, 0) is 25.3 Å². The summed E-state index contributed by atoms with van der Waals surface area (Å²) in [6.07, 6.45) is 2.19. The lowest BCUT2D eigenvalue weighted by Gasteiger charge is -2.12. The van der Waals surface area contributed by atoms with Crippen molar-refractivity contribution >= 4 is 5.91 Å². The fraction of sp³-hybridized carbons (Fsp3) is 0.875. The van der Waals surface area contributed by atoms with Crippen LogP contribution < -0.4 is 5.73 Å². The third-order valence-electron chi connectivity index (χ3n) is 2.31. The molecule has 2 N–H and O–H groups in total. The normalized spacial score (nSPS) is 24.2. The van der Waals surface area contributed by atoms with Gasteiger partial charge in [-0.15, -0.1) is 0 Å². The molecular formula is C8H16N2O. The minimum atomic E-state index is 0.199. The van der Waals surface area contributed by atoms with Gasteiger partial charge in [-0.3, -0.25) is 4.79 Å². The van der Waals surface area contributed by atoms with Crippen LogP contribution in [0.4, 0.5) is 0 Å². The molecule has 0 aromatic rings. The standard InChI is InChI=1S/C8H16N2O/c1-7(11)10-5-3-8(6-10)2-4-9/h8H,2-6,9H2,1H3. The zero-order valence-corrected chi connectivity index (χ0v) is 7.05. The highest BCUT2D eigenvalue weighted by atomic mass is 16.2. The van der Waals surface area contributed by atoms with Gasteiger partial charge in [-0.2, -0.15) is 0 Å². The van der Waals surface area contributed by atoms with E-state index in [0.717, 1.165) is 32.5 Å². The second-order valence-electron chi connectivity index (χ2n) is 3.20. The number of carbonyl (C=O) groups excluding carboxylic acids is 1. The van der Waals surface area contributed by atoms with E-state index in [4.69, 9.17) is 5.73 Å². The smallest absolute Gasteiger partial charge is 0.219 e. The SMILES string of the molecule is CC(=O)N1CCC(CCN)C1. The number of hydrogen-bond donors (Lipinski definition) is 1. The van der Waals surface area contributed by atoms with E-state index in [1.807, 2.05) is 4.90 Å². The lowest BCUT2D eigenvalue weighted by Crippen LogP contribution is -2.26. The van der Waals surface area contributed by atoms with Crippen molar-refractivity contribution in [3.05, 3.63) is 0 Å². The Labute approximate surface area is 67.5 Å². The van der Waals surface area contributed by atoms with Gasteiger partial charge in [0.05, 0.1) is 0 Å². The molecule has 1 aliphatic rings. The van der Waals surface area contributed by atoms with Crippen molar-refractivity contribution in [1.29, 1.82) is 0 Å². The molecule has 0 aromatic carbocycles. The van der Waals surface area contributed by atoms with Crippen molar-refractivity contribution in [2.75, 3.05) is 19.6 Å². The molecule has 0 spiro atoms. The lowest BCUT2D eigenvalue weighted by atomic mass is 10.1. The molecule has 1 heterocycles. The maximum absolute atomic E-state index is 10.9. The van der Waals surface area contributed by atoms with E-state index >= 15 is 0 Å². The van der Waals surface area contributed by atoms with Crippen LogP contribution in [-0.4, -0.2) is 30.4 Å². The average molecular weight is 156 g/mol. The van der Waals surface area contributed by atoms with Crippen LogP contribution >= 0.6 is 0 Å². The zero-order valence-electron chi connectivity index (χ0n) is 7.05.